The Labute approximate surface area is 102 Å². The second kappa shape index (κ2) is 5.69. The van der Waals surface area contributed by atoms with Crippen LogP contribution in [0, 0.1) is 5.92 Å². The number of halogens is 1. The number of hydrogen-bond acceptors (Lipinski definition) is 1. The molecule has 1 unspecified atom stereocenters. The average Bonchev–Trinajstić information content (AvgIpc) is 2.00. The first-order chi connectivity index (χ1) is 6.62. The molecule has 0 saturated carbocycles. The van der Waals surface area contributed by atoms with Gasteiger partial charge in [0.2, 0.25) is 0 Å². The molecule has 0 aromatic carbocycles. The third kappa shape index (κ3) is 4.88. The van der Waals surface area contributed by atoms with Crippen molar-refractivity contribution in [3.63, 3.8) is 0 Å². The summed E-state index contributed by atoms with van der Waals surface area (Å²) in [6.45, 7) is 15.9. The van der Waals surface area contributed by atoms with Crippen molar-refractivity contribution in [2.75, 3.05) is 5.88 Å². The van der Waals surface area contributed by atoms with Gasteiger partial charge < -0.3 is 4.43 Å². The smallest absolute Gasteiger partial charge is 0.192 e. The Balaban J connectivity index is 4.52. The van der Waals surface area contributed by atoms with Crippen molar-refractivity contribution >= 4 is 19.9 Å². The summed E-state index contributed by atoms with van der Waals surface area (Å²) in [5.41, 5.74) is 0. The van der Waals surface area contributed by atoms with E-state index in [1.54, 1.807) is 0 Å². The van der Waals surface area contributed by atoms with Gasteiger partial charge in [-0.1, -0.05) is 34.6 Å². The Morgan fingerprint density at radius 1 is 1.20 bits per heavy atom. The third-order valence-corrected chi connectivity index (χ3v) is 8.11. The lowest BCUT2D eigenvalue weighted by Gasteiger charge is -2.40. The van der Waals surface area contributed by atoms with E-state index < -0.39 is 8.32 Å². The van der Waals surface area contributed by atoms with Gasteiger partial charge in [0, 0.05) is 12.0 Å². The Morgan fingerprint density at radius 3 is 1.93 bits per heavy atom. The minimum absolute atomic E-state index is 0.284. The van der Waals surface area contributed by atoms with Crippen LogP contribution in [0.2, 0.25) is 18.1 Å². The van der Waals surface area contributed by atoms with E-state index >= 15 is 0 Å². The molecule has 0 radical (unpaired) electrons. The molecule has 3 heteroatoms. The number of hydrogen-bond donors (Lipinski definition) is 0. The molecule has 0 rings (SSSR count). The first-order valence-electron chi connectivity index (χ1n) is 5.85. The van der Waals surface area contributed by atoms with Gasteiger partial charge in [-0.25, -0.2) is 0 Å². The van der Waals surface area contributed by atoms with Gasteiger partial charge in [-0.2, -0.15) is 0 Å². The zero-order valence-corrected chi connectivity index (χ0v) is 13.1. The molecule has 0 aliphatic heterocycles. The van der Waals surface area contributed by atoms with Crippen molar-refractivity contribution in [3.05, 3.63) is 0 Å². The molecule has 1 nitrogen and oxygen atoms in total. The fourth-order valence-electron chi connectivity index (χ4n) is 1.19. The van der Waals surface area contributed by atoms with E-state index in [-0.39, 0.29) is 5.04 Å². The van der Waals surface area contributed by atoms with E-state index in [2.05, 4.69) is 47.7 Å². The predicted molar refractivity (Wildman–Crippen MR) is 72.2 cm³/mol. The minimum Gasteiger partial charge on any atom is -0.414 e. The lowest BCUT2D eigenvalue weighted by molar-refractivity contribution is 0.130. The Bertz CT molecular complexity index is 185. The first kappa shape index (κ1) is 15.5. The summed E-state index contributed by atoms with van der Waals surface area (Å²) >= 11 is 5.82. The van der Waals surface area contributed by atoms with E-state index in [1.807, 2.05) is 0 Å². The van der Waals surface area contributed by atoms with E-state index in [0.717, 1.165) is 6.42 Å². The normalized spacial score (nSPS) is 15.8. The SMILES string of the molecule is CC(C)C(CCCl)O[Si](C)(C)C(C)(C)C. The highest BCUT2D eigenvalue weighted by molar-refractivity contribution is 6.74. The van der Waals surface area contributed by atoms with Crippen LogP contribution in [0.25, 0.3) is 0 Å². The van der Waals surface area contributed by atoms with Crippen LogP contribution < -0.4 is 0 Å². The number of alkyl halides is 1. The Morgan fingerprint density at radius 2 is 1.67 bits per heavy atom. The van der Waals surface area contributed by atoms with Gasteiger partial charge in [0.15, 0.2) is 8.32 Å². The fourth-order valence-corrected chi connectivity index (χ4v) is 2.91. The molecular weight excluding hydrogens is 224 g/mol. The minimum atomic E-state index is -1.63. The third-order valence-electron chi connectivity index (χ3n) is 3.39. The molecule has 92 valence electrons. The fraction of sp³-hybridized carbons (Fsp3) is 1.00. The van der Waals surface area contributed by atoms with Crippen molar-refractivity contribution < 1.29 is 4.43 Å². The topological polar surface area (TPSA) is 9.23 Å². The van der Waals surface area contributed by atoms with Crippen LogP contribution >= 0.6 is 11.6 Å². The maximum atomic E-state index is 6.36. The van der Waals surface area contributed by atoms with Gasteiger partial charge in [0.25, 0.3) is 0 Å². The molecule has 0 aromatic heterocycles. The Kier molecular flexibility index (Phi) is 5.87. The van der Waals surface area contributed by atoms with E-state index in [0.29, 0.717) is 17.9 Å². The molecule has 0 spiro atoms. The van der Waals surface area contributed by atoms with Crippen LogP contribution in [0.15, 0.2) is 0 Å². The summed E-state index contributed by atoms with van der Waals surface area (Å²) in [5, 5.41) is 0.284. The monoisotopic (exact) mass is 250 g/mol. The zero-order valence-electron chi connectivity index (χ0n) is 11.4. The van der Waals surface area contributed by atoms with Gasteiger partial charge in [0.1, 0.15) is 0 Å². The number of rotatable bonds is 5. The second-order valence-corrected chi connectivity index (χ2v) is 11.3. The lowest BCUT2D eigenvalue weighted by atomic mass is 10.1. The summed E-state index contributed by atoms with van der Waals surface area (Å²) < 4.78 is 6.36. The highest BCUT2D eigenvalue weighted by atomic mass is 35.5. The zero-order chi connectivity index (χ0) is 12.3. The molecule has 0 amide bonds. The molecule has 0 bridgehead atoms. The molecule has 1 atom stereocenters. The molecule has 0 N–H and O–H groups in total. The van der Waals surface area contributed by atoms with Crippen LogP contribution in [0.4, 0.5) is 0 Å². The molecular formula is C12H27ClOSi. The van der Waals surface area contributed by atoms with Gasteiger partial charge in [0.05, 0.1) is 0 Å². The van der Waals surface area contributed by atoms with Crippen LogP contribution in [-0.4, -0.2) is 20.3 Å². The van der Waals surface area contributed by atoms with E-state index in [4.69, 9.17) is 16.0 Å². The van der Waals surface area contributed by atoms with Crippen LogP contribution in [0.5, 0.6) is 0 Å². The van der Waals surface area contributed by atoms with Gasteiger partial charge in [-0.15, -0.1) is 11.6 Å². The Hall–Kier alpha value is 0.467. The summed E-state index contributed by atoms with van der Waals surface area (Å²) in [6.07, 6.45) is 1.29. The molecule has 0 aliphatic rings. The van der Waals surface area contributed by atoms with Crippen LogP contribution in [0.3, 0.4) is 0 Å². The molecule has 0 aliphatic carbocycles. The van der Waals surface area contributed by atoms with Crippen molar-refractivity contribution in [3.8, 4) is 0 Å². The maximum absolute atomic E-state index is 6.36. The van der Waals surface area contributed by atoms with Gasteiger partial charge >= 0.3 is 0 Å². The highest BCUT2D eigenvalue weighted by Crippen LogP contribution is 2.38. The predicted octanol–water partition coefficient (Wildman–Crippen LogP) is 4.66. The molecule has 0 heterocycles. The lowest BCUT2D eigenvalue weighted by Crippen LogP contribution is -2.45. The summed E-state index contributed by atoms with van der Waals surface area (Å²) in [4.78, 5) is 0. The summed E-state index contributed by atoms with van der Waals surface area (Å²) in [5.74, 6) is 1.25. The molecule has 0 aromatic rings. The van der Waals surface area contributed by atoms with Gasteiger partial charge in [-0.05, 0) is 30.5 Å². The first-order valence-corrected chi connectivity index (χ1v) is 9.30. The van der Waals surface area contributed by atoms with Crippen molar-refractivity contribution in [1.82, 2.24) is 0 Å². The van der Waals surface area contributed by atoms with Crippen molar-refractivity contribution in [1.29, 1.82) is 0 Å². The second-order valence-electron chi connectivity index (χ2n) is 6.14. The van der Waals surface area contributed by atoms with Crippen LogP contribution in [-0.2, 0) is 4.43 Å². The van der Waals surface area contributed by atoms with Crippen molar-refractivity contribution in [2.24, 2.45) is 5.92 Å². The standard InChI is InChI=1S/C12H27ClOSi/c1-10(2)11(8-9-13)14-15(6,7)12(3,4)5/h10-11H,8-9H2,1-7H3. The average molecular weight is 251 g/mol. The highest BCUT2D eigenvalue weighted by Gasteiger charge is 2.39. The molecule has 0 saturated heterocycles. The van der Waals surface area contributed by atoms with Crippen molar-refractivity contribution in [2.45, 2.75) is 65.3 Å². The van der Waals surface area contributed by atoms with E-state index in [9.17, 15) is 0 Å². The summed E-state index contributed by atoms with van der Waals surface area (Å²) in [7, 11) is -1.63. The molecule has 0 fully saturated rings. The summed E-state index contributed by atoms with van der Waals surface area (Å²) in [6, 6.07) is 0. The maximum Gasteiger partial charge on any atom is 0.192 e. The van der Waals surface area contributed by atoms with Gasteiger partial charge in [-0.3, -0.25) is 0 Å². The van der Waals surface area contributed by atoms with Crippen LogP contribution in [0.1, 0.15) is 41.0 Å². The quantitative estimate of drug-likeness (QED) is 0.509. The largest absolute Gasteiger partial charge is 0.414 e. The van der Waals surface area contributed by atoms with E-state index in [1.165, 1.54) is 0 Å². The molecule has 15 heavy (non-hydrogen) atoms.